The molecule has 0 bridgehead atoms. The van der Waals surface area contributed by atoms with Crippen LogP contribution in [-0.4, -0.2) is 17.5 Å². The molecule has 2 saturated carbocycles. The molecule has 0 aliphatic heterocycles. The largest absolute Gasteiger partial charge is 0.396 e. The van der Waals surface area contributed by atoms with Crippen molar-refractivity contribution in [2.24, 2.45) is 34.5 Å². The average molecular weight is 288 g/mol. The van der Waals surface area contributed by atoms with Crippen molar-refractivity contribution in [2.75, 3.05) is 6.61 Å². The average Bonchev–Trinajstić information content (AvgIpc) is 2.45. The minimum atomic E-state index is 0.0463. The molecule has 6 atom stereocenters. The van der Waals surface area contributed by atoms with Crippen LogP contribution < -0.4 is 0 Å². The number of carbonyl (C=O) groups is 1. The number of fused-ring (bicyclic) bond motifs is 3. The van der Waals surface area contributed by atoms with Gasteiger partial charge in [0.2, 0.25) is 0 Å². The zero-order valence-electron chi connectivity index (χ0n) is 13.3. The van der Waals surface area contributed by atoms with E-state index in [9.17, 15) is 9.90 Å². The molecule has 116 valence electrons. The third-order valence-corrected chi connectivity index (χ3v) is 6.72. The van der Waals surface area contributed by atoms with Crippen LogP contribution >= 0.6 is 0 Å². The fourth-order valence-electron chi connectivity index (χ4n) is 5.46. The van der Waals surface area contributed by atoms with Gasteiger partial charge in [-0.15, -0.1) is 6.58 Å². The molecule has 1 N–H and O–H groups in total. The minimum absolute atomic E-state index is 0.0463. The molecule has 0 aromatic carbocycles. The summed E-state index contributed by atoms with van der Waals surface area (Å²) in [6.07, 6.45) is 11.6. The molecular weight excluding hydrogens is 260 g/mol. The SMILES string of the molecule is C=C[C@@]1(C)CC[C@H]2C(C=C[C@H]3[C@H](CO)CC(=O)C[C@]23C)C1. The van der Waals surface area contributed by atoms with Gasteiger partial charge in [-0.2, -0.15) is 0 Å². The van der Waals surface area contributed by atoms with Gasteiger partial charge < -0.3 is 5.11 Å². The normalized spacial score (nSPS) is 49.4. The number of hydrogen-bond acceptors (Lipinski definition) is 2. The molecule has 3 rings (SSSR count). The van der Waals surface area contributed by atoms with Crippen LogP contribution in [0, 0.1) is 34.5 Å². The van der Waals surface area contributed by atoms with Crippen LogP contribution in [0.4, 0.5) is 0 Å². The van der Waals surface area contributed by atoms with E-state index in [0.29, 0.717) is 36.4 Å². The number of carbonyl (C=O) groups excluding carboxylic acids is 1. The van der Waals surface area contributed by atoms with Crippen molar-refractivity contribution in [1.82, 2.24) is 0 Å². The number of rotatable bonds is 2. The number of aliphatic hydroxyl groups excluding tert-OH is 1. The van der Waals surface area contributed by atoms with Crippen molar-refractivity contribution in [3.63, 3.8) is 0 Å². The van der Waals surface area contributed by atoms with Gasteiger partial charge in [0.25, 0.3) is 0 Å². The Hall–Kier alpha value is -0.890. The molecule has 0 aromatic heterocycles. The summed E-state index contributed by atoms with van der Waals surface area (Å²) in [5.74, 6) is 1.99. The lowest BCUT2D eigenvalue weighted by Crippen LogP contribution is -2.51. The predicted molar refractivity (Wildman–Crippen MR) is 84.7 cm³/mol. The number of allylic oxidation sites excluding steroid dienone is 3. The Balaban J connectivity index is 1.93. The zero-order valence-corrected chi connectivity index (χ0v) is 13.3. The van der Waals surface area contributed by atoms with Crippen molar-refractivity contribution < 1.29 is 9.90 Å². The van der Waals surface area contributed by atoms with Crippen molar-refractivity contribution in [3.05, 3.63) is 24.8 Å². The molecular formula is C19H28O2. The number of hydrogen-bond donors (Lipinski definition) is 1. The molecule has 0 amide bonds. The lowest BCUT2D eigenvalue weighted by molar-refractivity contribution is -0.134. The zero-order chi connectivity index (χ0) is 15.3. The van der Waals surface area contributed by atoms with E-state index in [0.717, 1.165) is 6.42 Å². The maximum absolute atomic E-state index is 12.2. The van der Waals surface area contributed by atoms with Gasteiger partial charge in [0.05, 0.1) is 0 Å². The molecule has 3 aliphatic rings. The van der Waals surface area contributed by atoms with Crippen molar-refractivity contribution in [1.29, 1.82) is 0 Å². The van der Waals surface area contributed by atoms with Crippen LogP contribution in [0.25, 0.3) is 0 Å². The highest BCUT2D eigenvalue weighted by atomic mass is 16.3. The van der Waals surface area contributed by atoms with E-state index >= 15 is 0 Å². The first kappa shape index (κ1) is 15.0. The smallest absolute Gasteiger partial charge is 0.133 e. The lowest BCUT2D eigenvalue weighted by Gasteiger charge is -2.56. The molecule has 0 radical (unpaired) electrons. The Bertz CT molecular complexity index is 480. The van der Waals surface area contributed by atoms with Gasteiger partial charge in [0.1, 0.15) is 5.78 Å². The first-order valence-corrected chi connectivity index (χ1v) is 8.36. The second-order valence-electron chi connectivity index (χ2n) is 8.15. The highest BCUT2D eigenvalue weighted by Crippen LogP contribution is 2.59. The number of ketones is 1. The summed E-state index contributed by atoms with van der Waals surface area (Å²) in [5.41, 5.74) is 0.286. The monoisotopic (exact) mass is 288 g/mol. The van der Waals surface area contributed by atoms with E-state index in [1.54, 1.807) is 0 Å². The first-order valence-electron chi connectivity index (χ1n) is 8.36. The topological polar surface area (TPSA) is 37.3 Å². The molecule has 0 heterocycles. The predicted octanol–water partition coefficient (Wildman–Crippen LogP) is 3.76. The standard InChI is InChI=1S/C19H28O2/c1-4-18(2)8-7-17-13(10-18)5-6-16-14(12-20)9-15(21)11-19(16,17)3/h4-6,13-14,16-17,20H,1,7-12H2,2-3H3/t13?,14-,16-,17-,18-,19-/m0/s1. The molecule has 0 spiro atoms. The molecule has 1 unspecified atom stereocenters. The van der Waals surface area contributed by atoms with Gasteiger partial charge in [0.15, 0.2) is 0 Å². The van der Waals surface area contributed by atoms with Gasteiger partial charge in [-0.3, -0.25) is 4.79 Å². The van der Waals surface area contributed by atoms with Crippen molar-refractivity contribution >= 4 is 5.78 Å². The second kappa shape index (κ2) is 5.08. The molecule has 0 saturated heterocycles. The summed E-state index contributed by atoms with van der Waals surface area (Å²) in [7, 11) is 0. The van der Waals surface area contributed by atoms with Crippen LogP contribution in [0.5, 0.6) is 0 Å². The summed E-state index contributed by atoms with van der Waals surface area (Å²) >= 11 is 0. The first-order chi connectivity index (χ1) is 9.92. The maximum atomic E-state index is 12.2. The van der Waals surface area contributed by atoms with E-state index in [1.807, 2.05) is 0 Å². The summed E-state index contributed by atoms with van der Waals surface area (Å²) in [4.78, 5) is 12.2. The molecule has 2 heteroatoms. The van der Waals surface area contributed by atoms with Gasteiger partial charge in [0, 0.05) is 19.4 Å². The molecule has 0 aromatic rings. The fraction of sp³-hybridized carbons (Fsp3) is 0.737. The maximum Gasteiger partial charge on any atom is 0.133 e. The van der Waals surface area contributed by atoms with Crippen LogP contribution in [0.2, 0.25) is 0 Å². The Morgan fingerprint density at radius 3 is 2.86 bits per heavy atom. The number of Topliss-reactive ketones (excluding diaryl/α,β-unsaturated/α-hetero) is 1. The fourth-order valence-corrected chi connectivity index (χ4v) is 5.46. The van der Waals surface area contributed by atoms with E-state index < -0.39 is 0 Å². The quantitative estimate of drug-likeness (QED) is 0.786. The van der Waals surface area contributed by atoms with Gasteiger partial charge in [-0.05, 0) is 53.8 Å². The molecule has 3 aliphatic carbocycles. The molecule has 2 fully saturated rings. The van der Waals surface area contributed by atoms with Gasteiger partial charge in [-0.1, -0.05) is 32.1 Å². The summed E-state index contributed by atoms with van der Waals surface area (Å²) in [5, 5.41) is 9.68. The Morgan fingerprint density at radius 1 is 1.43 bits per heavy atom. The summed E-state index contributed by atoms with van der Waals surface area (Å²) < 4.78 is 0. The summed E-state index contributed by atoms with van der Waals surface area (Å²) in [6.45, 7) is 8.76. The van der Waals surface area contributed by atoms with E-state index in [4.69, 9.17) is 0 Å². The van der Waals surface area contributed by atoms with E-state index in [-0.39, 0.29) is 23.4 Å². The molecule has 21 heavy (non-hydrogen) atoms. The van der Waals surface area contributed by atoms with Gasteiger partial charge in [-0.25, -0.2) is 0 Å². The Labute approximate surface area is 128 Å². The van der Waals surface area contributed by atoms with Crippen LogP contribution in [0.1, 0.15) is 46.0 Å². The Morgan fingerprint density at radius 2 is 2.19 bits per heavy atom. The third-order valence-electron chi connectivity index (χ3n) is 6.72. The second-order valence-corrected chi connectivity index (χ2v) is 8.15. The minimum Gasteiger partial charge on any atom is -0.396 e. The lowest BCUT2D eigenvalue weighted by atomic mass is 9.48. The van der Waals surface area contributed by atoms with E-state index in [2.05, 4.69) is 38.7 Å². The molecule has 2 nitrogen and oxygen atoms in total. The van der Waals surface area contributed by atoms with E-state index in [1.165, 1.54) is 12.8 Å². The highest BCUT2D eigenvalue weighted by molar-refractivity contribution is 5.80. The van der Waals surface area contributed by atoms with Crippen LogP contribution in [0.3, 0.4) is 0 Å². The van der Waals surface area contributed by atoms with Crippen molar-refractivity contribution in [2.45, 2.75) is 46.0 Å². The van der Waals surface area contributed by atoms with Crippen LogP contribution in [0.15, 0.2) is 24.8 Å². The number of aliphatic hydroxyl groups is 1. The summed E-state index contributed by atoms with van der Waals surface area (Å²) in [6, 6.07) is 0. The van der Waals surface area contributed by atoms with Gasteiger partial charge >= 0.3 is 0 Å². The van der Waals surface area contributed by atoms with Crippen molar-refractivity contribution in [3.8, 4) is 0 Å². The Kier molecular flexibility index (Phi) is 3.64. The van der Waals surface area contributed by atoms with Crippen LogP contribution in [-0.2, 0) is 4.79 Å². The third kappa shape index (κ3) is 2.32. The highest BCUT2D eigenvalue weighted by Gasteiger charge is 2.54.